The number of halogens is 1. The predicted molar refractivity (Wildman–Crippen MR) is 77.2 cm³/mol. The molecule has 0 radical (unpaired) electrons. The molecule has 0 saturated carbocycles. The van der Waals surface area contributed by atoms with Crippen molar-refractivity contribution in [3.63, 3.8) is 0 Å². The number of nitrogens with one attached hydrogen (secondary N) is 1. The zero-order valence-electron chi connectivity index (χ0n) is 10.3. The van der Waals surface area contributed by atoms with Crippen molar-refractivity contribution >= 4 is 28.4 Å². The SMILES string of the molecule is O=C(c1cccc(Cl)c1)c1nc2ccccc2[nH]c1=O. The van der Waals surface area contributed by atoms with Gasteiger partial charge in [0.15, 0.2) is 5.69 Å². The van der Waals surface area contributed by atoms with Gasteiger partial charge in [0.25, 0.3) is 5.56 Å². The molecular weight excluding hydrogens is 276 g/mol. The van der Waals surface area contributed by atoms with Crippen LogP contribution < -0.4 is 5.56 Å². The zero-order valence-corrected chi connectivity index (χ0v) is 11.0. The molecule has 0 aliphatic rings. The lowest BCUT2D eigenvalue weighted by Crippen LogP contribution is -2.20. The minimum atomic E-state index is -0.506. The Morgan fingerprint density at radius 1 is 1.10 bits per heavy atom. The lowest BCUT2D eigenvalue weighted by Gasteiger charge is -2.02. The van der Waals surface area contributed by atoms with E-state index >= 15 is 0 Å². The maximum absolute atomic E-state index is 12.3. The molecule has 0 aliphatic carbocycles. The number of fused-ring (bicyclic) bond motifs is 1. The molecule has 0 fully saturated rings. The number of H-pyrrole nitrogens is 1. The first kappa shape index (κ1) is 12.6. The second-order valence-corrected chi connectivity index (χ2v) is 4.71. The fourth-order valence-corrected chi connectivity index (χ4v) is 2.14. The molecule has 4 nitrogen and oxygen atoms in total. The number of para-hydroxylation sites is 2. The predicted octanol–water partition coefficient (Wildman–Crippen LogP) is 2.81. The Hall–Kier alpha value is -2.46. The molecule has 1 aromatic heterocycles. The van der Waals surface area contributed by atoms with Crippen molar-refractivity contribution in [1.82, 2.24) is 9.97 Å². The molecule has 20 heavy (non-hydrogen) atoms. The summed E-state index contributed by atoms with van der Waals surface area (Å²) in [4.78, 5) is 31.1. The normalized spacial score (nSPS) is 10.7. The van der Waals surface area contributed by atoms with Crippen LogP contribution in [0.2, 0.25) is 5.02 Å². The lowest BCUT2D eigenvalue weighted by atomic mass is 10.1. The van der Waals surface area contributed by atoms with Gasteiger partial charge in [-0.05, 0) is 24.3 Å². The second kappa shape index (κ2) is 4.90. The quantitative estimate of drug-likeness (QED) is 0.736. The molecule has 0 spiro atoms. The summed E-state index contributed by atoms with van der Waals surface area (Å²) in [5, 5.41) is 0.438. The molecule has 1 N–H and O–H groups in total. The van der Waals surface area contributed by atoms with Crippen molar-refractivity contribution in [3.8, 4) is 0 Å². The summed E-state index contributed by atoms with van der Waals surface area (Å²) in [6, 6.07) is 13.5. The molecule has 1 heterocycles. The molecule has 0 unspecified atom stereocenters. The number of hydrogen-bond donors (Lipinski definition) is 1. The van der Waals surface area contributed by atoms with Gasteiger partial charge in [-0.2, -0.15) is 0 Å². The number of aromatic nitrogens is 2. The Kier molecular flexibility index (Phi) is 3.08. The molecule has 2 aromatic carbocycles. The highest BCUT2D eigenvalue weighted by molar-refractivity contribution is 6.31. The third-order valence-electron chi connectivity index (χ3n) is 2.90. The Bertz CT molecular complexity index is 871. The molecule has 5 heteroatoms. The van der Waals surface area contributed by atoms with E-state index in [-0.39, 0.29) is 5.69 Å². The van der Waals surface area contributed by atoms with Gasteiger partial charge in [-0.25, -0.2) is 4.98 Å². The number of rotatable bonds is 2. The smallest absolute Gasteiger partial charge is 0.278 e. The van der Waals surface area contributed by atoms with Crippen LogP contribution in [0.1, 0.15) is 16.1 Å². The summed E-state index contributed by atoms with van der Waals surface area (Å²) in [7, 11) is 0. The summed E-state index contributed by atoms with van der Waals surface area (Å²) >= 11 is 5.85. The number of benzene rings is 2. The third-order valence-corrected chi connectivity index (χ3v) is 3.14. The fourth-order valence-electron chi connectivity index (χ4n) is 1.95. The summed E-state index contributed by atoms with van der Waals surface area (Å²) in [5.74, 6) is -0.445. The minimum absolute atomic E-state index is 0.133. The van der Waals surface area contributed by atoms with Gasteiger partial charge in [0.05, 0.1) is 11.0 Å². The third kappa shape index (κ3) is 2.21. The van der Waals surface area contributed by atoms with E-state index in [0.717, 1.165) is 0 Å². The number of nitrogens with zero attached hydrogens (tertiary/aromatic N) is 1. The van der Waals surface area contributed by atoms with Gasteiger partial charge in [0.2, 0.25) is 5.78 Å². The summed E-state index contributed by atoms with van der Waals surface area (Å²) in [6.45, 7) is 0. The van der Waals surface area contributed by atoms with Crippen molar-refractivity contribution in [3.05, 3.63) is 75.2 Å². The first-order chi connectivity index (χ1) is 9.65. The van der Waals surface area contributed by atoms with E-state index in [9.17, 15) is 9.59 Å². The van der Waals surface area contributed by atoms with E-state index in [1.807, 2.05) is 0 Å². The van der Waals surface area contributed by atoms with E-state index in [2.05, 4.69) is 9.97 Å². The number of aromatic amines is 1. The summed E-state index contributed by atoms with van der Waals surface area (Å²) in [6.07, 6.45) is 0. The van der Waals surface area contributed by atoms with E-state index in [4.69, 9.17) is 11.6 Å². The van der Waals surface area contributed by atoms with Gasteiger partial charge in [0.1, 0.15) is 0 Å². The van der Waals surface area contributed by atoms with Crippen molar-refractivity contribution in [2.45, 2.75) is 0 Å². The van der Waals surface area contributed by atoms with Crippen LogP contribution in [0.25, 0.3) is 11.0 Å². The van der Waals surface area contributed by atoms with Crippen LogP contribution in [0, 0.1) is 0 Å². The second-order valence-electron chi connectivity index (χ2n) is 4.27. The topological polar surface area (TPSA) is 62.8 Å². The van der Waals surface area contributed by atoms with E-state index in [0.29, 0.717) is 21.6 Å². The van der Waals surface area contributed by atoms with Crippen LogP contribution in [-0.2, 0) is 0 Å². The van der Waals surface area contributed by atoms with E-state index < -0.39 is 11.3 Å². The largest absolute Gasteiger partial charge is 0.319 e. The zero-order chi connectivity index (χ0) is 14.1. The van der Waals surface area contributed by atoms with Gasteiger partial charge in [-0.3, -0.25) is 9.59 Å². The Morgan fingerprint density at radius 3 is 2.70 bits per heavy atom. The minimum Gasteiger partial charge on any atom is -0.319 e. The van der Waals surface area contributed by atoms with E-state index in [1.165, 1.54) is 6.07 Å². The van der Waals surface area contributed by atoms with Crippen LogP contribution in [0.4, 0.5) is 0 Å². The Labute approximate surface area is 119 Å². The molecular formula is C15H9ClN2O2. The van der Waals surface area contributed by atoms with Crippen LogP contribution >= 0.6 is 11.6 Å². The van der Waals surface area contributed by atoms with Gasteiger partial charge < -0.3 is 4.98 Å². The lowest BCUT2D eigenvalue weighted by molar-refractivity contribution is 0.103. The van der Waals surface area contributed by atoms with Crippen LogP contribution in [0.15, 0.2) is 53.3 Å². The average molecular weight is 285 g/mol. The van der Waals surface area contributed by atoms with Gasteiger partial charge >= 0.3 is 0 Å². The maximum atomic E-state index is 12.3. The van der Waals surface area contributed by atoms with Crippen LogP contribution in [0.5, 0.6) is 0 Å². The fraction of sp³-hybridized carbons (Fsp3) is 0. The molecule has 0 aliphatic heterocycles. The Morgan fingerprint density at radius 2 is 1.90 bits per heavy atom. The number of ketones is 1. The van der Waals surface area contributed by atoms with Gasteiger partial charge in [0, 0.05) is 10.6 Å². The van der Waals surface area contributed by atoms with Gasteiger partial charge in [-0.15, -0.1) is 0 Å². The van der Waals surface area contributed by atoms with Crippen molar-refractivity contribution in [1.29, 1.82) is 0 Å². The molecule has 98 valence electrons. The van der Waals surface area contributed by atoms with Crippen molar-refractivity contribution < 1.29 is 4.79 Å². The molecule has 0 amide bonds. The number of carbonyl (C=O) groups is 1. The highest BCUT2D eigenvalue weighted by Crippen LogP contribution is 2.14. The Balaban J connectivity index is 2.17. The standard InChI is InChI=1S/C15H9ClN2O2/c16-10-5-3-4-9(8-10)14(19)13-15(20)18-12-7-2-1-6-11(12)17-13/h1-8H,(H,18,20). The number of carbonyl (C=O) groups excluding carboxylic acids is 1. The monoisotopic (exact) mass is 284 g/mol. The first-order valence-corrected chi connectivity index (χ1v) is 6.32. The van der Waals surface area contributed by atoms with Crippen molar-refractivity contribution in [2.24, 2.45) is 0 Å². The van der Waals surface area contributed by atoms with Crippen LogP contribution in [0.3, 0.4) is 0 Å². The number of hydrogen-bond acceptors (Lipinski definition) is 3. The average Bonchev–Trinajstić information content (AvgIpc) is 2.46. The molecule has 0 bridgehead atoms. The van der Waals surface area contributed by atoms with E-state index in [1.54, 1.807) is 42.5 Å². The summed E-state index contributed by atoms with van der Waals surface area (Å²) < 4.78 is 0. The highest BCUT2D eigenvalue weighted by atomic mass is 35.5. The van der Waals surface area contributed by atoms with Crippen molar-refractivity contribution in [2.75, 3.05) is 0 Å². The van der Waals surface area contributed by atoms with Gasteiger partial charge in [-0.1, -0.05) is 35.9 Å². The van der Waals surface area contributed by atoms with Crippen LogP contribution in [-0.4, -0.2) is 15.8 Å². The molecule has 3 aromatic rings. The highest BCUT2D eigenvalue weighted by Gasteiger charge is 2.16. The maximum Gasteiger partial charge on any atom is 0.278 e. The first-order valence-electron chi connectivity index (χ1n) is 5.94. The molecule has 0 saturated heterocycles. The molecule has 3 rings (SSSR count). The summed E-state index contributed by atoms with van der Waals surface area (Å²) in [5.41, 5.74) is 0.864. The molecule has 0 atom stereocenters.